The third-order valence-corrected chi connectivity index (χ3v) is 3.81. The average molecular weight is 362 g/mol. The number of nitrogens with zero attached hydrogens (tertiary/aromatic N) is 3. The summed E-state index contributed by atoms with van der Waals surface area (Å²) in [5.74, 6) is 0.386. The van der Waals surface area contributed by atoms with Crippen molar-refractivity contribution in [2.24, 2.45) is 0 Å². The van der Waals surface area contributed by atoms with E-state index in [1.54, 1.807) is 4.52 Å². The molecule has 112 valence electrons. The van der Waals surface area contributed by atoms with Gasteiger partial charge in [0.05, 0.1) is 5.69 Å². The second kappa shape index (κ2) is 5.64. The van der Waals surface area contributed by atoms with Gasteiger partial charge in [-0.25, -0.2) is 14.3 Å². The van der Waals surface area contributed by atoms with Crippen molar-refractivity contribution in [2.45, 2.75) is 6.54 Å². The molecule has 0 aliphatic carbocycles. The molecule has 22 heavy (non-hydrogen) atoms. The summed E-state index contributed by atoms with van der Waals surface area (Å²) >= 11 is 3.46. The highest BCUT2D eigenvalue weighted by Crippen LogP contribution is 2.31. The first kappa shape index (κ1) is 14.3. The fourth-order valence-corrected chi connectivity index (χ4v) is 2.83. The van der Waals surface area contributed by atoms with Crippen molar-refractivity contribution in [3.63, 3.8) is 0 Å². The van der Waals surface area contributed by atoms with E-state index in [2.05, 4.69) is 31.3 Å². The highest BCUT2D eigenvalue weighted by molar-refractivity contribution is 9.10. The Kier molecular flexibility index (Phi) is 3.68. The Morgan fingerprint density at radius 1 is 1.41 bits per heavy atom. The van der Waals surface area contributed by atoms with Crippen LogP contribution in [0, 0.1) is 0 Å². The molecule has 2 heterocycles. The third kappa shape index (κ3) is 2.60. The molecule has 0 fully saturated rings. The quantitative estimate of drug-likeness (QED) is 0.664. The minimum atomic E-state index is -1.05. The van der Waals surface area contributed by atoms with Crippen LogP contribution in [-0.2, 0) is 6.54 Å². The van der Waals surface area contributed by atoms with Crippen LogP contribution in [0.5, 0.6) is 0 Å². The lowest BCUT2D eigenvalue weighted by Gasteiger charge is -2.06. The summed E-state index contributed by atoms with van der Waals surface area (Å²) < 4.78 is 2.51. The first-order valence-corrected chi connectivity index (χ1v) is 7.19. The number of fused-ring (bicyclic) bond motifs is 1. The maximum Gasteiger partial charge on any atom is 0.404 e. The molecule has 0 atom stereocenters. The number of nitrogen functional groups attached to an aromatic ring is 1. The molecular formula is C14H12BrN5O2. The van der Waals surface area contributed by atoms with E-state index in [1.807, 2.05) is 30.3 Å². The van der Waals surface area contributed by atoms with E-state index < -0.39 is 6.09 Å². The van der Waals surface area contributed by atoms with Gasteiger partial charge in [0.25, 0.3) is 0 Å². The Labute approximate surface area is 133 Å². The van der Waals surface area contributed by atoms with E-state index in [-0.39, 0.29) is 6.54 Å². The fourth-order valence-electron chi connectivity index (χ4n) is 2.25. The van der Waals surface area contributed by atoms with Crippen LogP contribution in [0.1, 0.15) is 5.56 Å². The molecule has 0 spiro atoms. The Morgan fingerprint density at radius 3 is 3.00 bits per heavy atom. The van der Waals surface area contributed by atoms with Gasteiger partial charge in [-0.1, -0.05) is 18.2 Å². The topological polar surface area (TPSA) is 106 Å². The Balaban J connectivity index is 2.06. The van der Waals surface area contributed by atoms with Crippen molar-refractivity contribution in [1.29, 1.82) is 0 Å². The van der Waals surface area contributed by atoms with Gasteiger partial charge >= 0.3 is 6.09 Å². The van der Waals surface area contributed by atoms with Gasteiger partial charge in [0, 0.05) is 16.6 Å². The van der Waals surface area contributed by atoms with E-state index in [9.17, 15) is 4.79 Å². The minimum Gasteiger partial charge on any atom is -0.465 e. The number of benzene rings is 1. The number of amides is 1. The van der Waals surface area contributed by atoms with E-state index in [0.717, 1.165) is 21.3 Å². The zero-order valence-corrected chi connectivity index (χ0v) is 12.9. The van der Waals surface area contributed by atoms with E-state index in [1.165, 1.54) is 6.33 Å². The lowest BCUT2D eigenvalue weighted by molar-refractivity contribution is 0.194. The van der Waals surface area contributed by atoms with Crippen molar-refractivity contribution in [3.8, 4) is 11.3 Å². The van der Waals surface area contributed by atoms with Crippen molar-refractivity contribution in [3.05, 3.63) is 46.7 Å². The molecule has 0 aliphatic rings. The number of rotatable bonds is 3. The maximum atomic E-state index is 10.6. The molecule has 1 amide bonds. The van der Waals surface area contributed by atoms with Crippen LogP contribution in [-0.4, -0.2) is 25.8 Å². The van der Waals surface area contributed by atoms with Gasteiger partial charge in [0.2, 0.25) is 0 Å². The lowest BCUT2D eigenvalue weighted by Crippen LogP contribution is -2.19. The normalized spacial score (nSPS) is 10.8. The third-order valence-electron chi connectivity index (χ3n) is 3.20. The molecule has 0 unspecified atom stereocenters. The number of carboxylic acid groups (broad SMARTS) is 1. The van der Waals surface area contributed by atoms with Gasteiger partial charge in [-0.2, -0.15) is 5.10 Å². The lowest BCUT2D eigenvalue weighted by atomic mass is 10.1. The number of carbonyl (C=O) groups is 1. The number of hydrogen-bond donors (Lipinski definition) is 3. The van der Waals surface area contributed by atoms with Crippen molar-refractivity contribution in [1.82, 2.24) is 19.9 Å². The first-order valence-electron chi connectivity index (χ1n) is 6.40. The van der Waals surface area contributed by atoms with Crippen molar-refractivity contribution in [2.75, 3.05) is 5.73 Å². The molecular weight excluding hydrogens is 350 g/mol. The number of aromatic nitrogens is 3. The van der Waals surface area contributed by atoms with Gasteiger partial charge in [-0.05, 0) is 33.6 Å². The summed E-state index contributed by atoms with van der Waals surface area (Å²) in [6.45, 7) is 0.241. The molecule has 8 heteroatoms. The number of anilines is 1. The fraction of sp³-hybridized carbons (Fsp3) is 0.0714. The number of halogens is 1. The van der Waals surface area contributed by atoms with Crippen molar-refractivity contribution < 1.29 is 9.90 Å². The van der Waals surface area contributed by atoms with Crippen molar-refractivity contribution >= 4 is 33.4 Å². The van der Waals surface area contributed by atoms with Gasteiger partial charge in [-0.15, -0.1) is 0 Å². The molecule has 3 rings (SSSR count). The van der Waals surface area contributed by atoms with Crippen LogP contribution < -0.4 is 11.1 Å². The summed E-state index contributed by atoms with van der Waals surface area (Å²) in [5, 5.41) is 15.3. The molecule has 3 aromatic rings. The summed E-state index contributed by atoms with van der Waals surface area (Å²) in [6.07, 6.45) is 0.343. The molecule has 0 bridgehead atoms. The van der Waals surface area contributed by atoms with Crippen LogP contribution in [0.4, 0.5) is 10.6 Å². The van der Waals surface area contributed by atoms with Crippen LogP contribution in [0.3, 0.4) is 0 Å². The molecule has 0 saturated heterocycles. The van der Waals surface area contributed by atoms with Gasteiger partial charge in [-0.3, -0.25) is 0 Å². The molecule has 1 aromatic carbocycles. The van der Waals surface area contributed by atoms with Crippen LogP contribution in [0.15, 0.2) is 41.1 Å². The Bertz CT molecular complexity index is 862. The van der Waals surface area contributed by atoms with Gasteiger partial charge < -0.3 is 16.2 Å². The van der Waals surface area contributed by atoms with Gasteiger partial charge in [0.15, 0.2) is 5.82 Å². The zero-order valence-electron chi connectivity index (χ0n) is 11.3. The second-order valence-electron chi connectivity index (χ2n) is 4.64. The monoisotopic (exact) mass is 361 g/mol. The SMILES string of the molecule is Nc1ncnn2c(-c3cccc(CNC(=O)O)c3)cc(Br)c12. The van der Waals surface area contributed by atoms with E-state index in [0.29, 0.717) is 11.3 Å². The highest BCUT2D eigenvalue weighted by Gasteiger charge is 2.13. The molecule has 2 aromatic heterocycles. The summed E-state index contributed by atoms with van der Waals surface area (Å²) in [7, 11) is 0. The summed E-state index contributed by atoms with van der Waals surface area (Å²) in [4.78, 5) is 14.6. The van der Waals surface area contributed by atoms with Gasteiger partial charge in [0.1, 0.15) is 11.8 Å². The number of nitrogens with two attached hydrogens (primary N) is 1. The predicted molar refractivity (Wildman–Crippen MR) is 85.4 cm³/mol. The highest BCUT2D eigenvalue weighted by atomic mass is 79.9. The molecule has 7 nitrogen and oxygen atoms in total. The summed E-state index contributed by atoms with van der Waals surface area (Å²) in [6, 6.07) is 9.46. The Morgan fingerprint density at radius 2 is 2.23 bits per heavy atom. The Hall–Kier alpha value is -2.61. The largest absolute Gasteiger partial charge is 0.465 e. The zero-order chi connectivity index (χ0) is 15.7. The standard InChI is InChI=1S/C14H12BrN5O2/c15-10-5-11(20-12(10)13(16)18-7-19-20)9-3-1-2-8(4-9)6-17-14(21)22/h1-5,7,17H,6H2,(H,21,22)(H2,16,18,19). The smallest absolute Gasteiger partial charge is 0.404 e. The first-order chi connectivity index (χ1) is 10.6. The van der Waals surface area contributed by atoms with E-state index in [4.69, 9.17) is 10.8 Å². The summed E-state index contributed by atoms with van der Waals surface area (Å²) in [5.41, 5.74) is 9.18. The van der Waals surface area contributed by atoms with E-state index >= 15 is 0 Å². The van der Waals surface area contributed by atoms with Crippen LogP contribution in [0.25, 0.3) is 16.8 Å². The maximum absolute atomic E-state index is 10.6. The molecule has 0 aliphatic heterocycles. The number of hydrogen-bond acceptors (Lipinski definition) is 4. The molecule has 0 saturated carbocycles. The van der Waals surface area contributed by atoms with Crippen LogP contribution >= 0.6 is 15.9 Å². The molecule has 4 N–H and O–H groups in total. The minimum absolute atomic E-state index is 0.241. The average Bonchev–Trinajstić information content (AvgIpc) is 2.84. The number of nitrogens with one attached hydrogen (secondary N) is 1. The molecule has 0 radical (unpaired) electrons. The second-order valence-corrected chi connectivity index (χ2v) is 5.50. The predicted octanol–water partition coefficient (Wildman–Crippen LogP) is 2.51. The van der Waals surface area contributed by atoms with Crippen LogP contribution in [0.2, 0.25) is 0 Å².